The zero-order chi connectivity index (χ0) is 15.2. The van der Waals surface area contributed by atoms with Gasteiger partial charge in [0, 0.05) is 19.6 Å². The Kier molecular flexibility index (Phi) is 5.03. The fourth-order valence-corrected chi connectivity index (χ4v) is 2.47. The second kappa shape index (κ2) is 6.97. The van der Waals surface area contributed by atoms with Gasteiger partial charge in [0.2, 0.25) is 0 Å². The molecule has 1 aliphatic heterocycles. The number of aliphatic carboxylic acids is 1. The number of ether oxygens (including phenoxy) is 1. The standard InChI is InChI=1S/C15H20N2O4/c1-21-13-5-3-2-4-11(13)6-8-16-15(20)17-9-7-12(10-17)14(18)19/h2-5,12H,6-10H2,1H3,(H,16,20)(H,18,19). The van der Waals surface area contributed by atoms with Crippen LogP contribution in [0.2, 0.25) is 0 Å². The van der Waals surface area contributed by atoms with Gasteiger partial charge in [-0.15, -0.1) is 0 Å². The quantitative estimate of drug-likeness (QED) is 0.858. The molecule has 1 saturated heterocycles. The summed E-state index contributed by atoms with van der Waals surface area (Å²) in [4.78, 5) is 24.4. The number of amides is 2. The van der Waals surface area contributed by atoms with Gasteiger partial charge in [-0.3, -0.25) is 4.79 Å². The molecule has 1 aromatic carbocycles. The summed E-state index contributed by atoms with van der Waals surface area (Å²) in [5, 5.41) is 11.7. The van der Waals surface area contributed by atoms with E-state index >= 15 is 0 Å². The van der Waals surface area contributed by atoms with Crippen LogP contribution < -0.4 is 10.1 Å². The van der Waals surface area contributed by atoms with Gasteiger partial charge < -0.3 is 20.1 Å². The molecule has 0 aliphatic carbocycles. The third-order valence-corrected chi connectivity index (χ3v) is 3.69. The van der Waals surface area contributed by atoms with Crippen molar-refractivity contribution >= 4 is 12.0 Å². The van der Waals surface area contributed by atoms with E-state index in [4.69, 9.17) is 9.84 Å². The fourth-order valence-electron chi connectivity index (χ4n) is 2.47. The Balaban J connectivity index is 1.78. The van der Waals surface area contributed by atoms with Gasteiger partial charge in [0.15, 0.2) is 0 Å². The number of likely N-dealkylation sites (tertiary alicyclic amines) is 1. The number of carboxylic acids is 1. The number of para-hydroxylation sites is 1. The molecule has 1 atom stereocenters. The molecule has 0 radical (unpaired) electrons. The van der Waals surface area contributed by atoms with Crippen molar-refractivity contribution in [1.29, 1.82) is 0 Å². The van der Waals surface area contributed by atoms with Crippen molar-refractivity contribution in [3.63, 3.8) is 0 Å². The van der Waals surface area contributed by atoms with Gasteiger partial charge in [-0.05, 0) is 24.5 Å². The first-order valence-electron chi connectivity index (χ1n) is 6.99. The van der Waals surface area contributed by atoms with Crippen LogP contribution in [0.25, 0.3) is 0 Å². The smallest absolute Gasteiger partial charge is 0.317 e. The molecule has 2 N–H and O–H groups in total. The number of hydrogen-bond acceptors (Lipinski definition) is 3. The Labute approximate surface area is 123 Å². The number of carboxylic acid groups (broad SMARTS) is 1. The van der Waals surface area contributed by atoms with Gasteiger partial charge in [0.1, 0.15) is 5.75 Å². The number of rotatable bonds is 5. The van der Waals surface area contributed by atoms with E-state index < -0.39 is 11.9 Å². The normalized spacial score (nSPS) is 17.6. The molecule has 0 aromatic heterocycles. The van der Waals surface area contributed by atoms with Crippen molar-refractivity contribution in [1.82, 2.24) is 10.2 Å². The second-order valence-corrected chi connectivity index (χ2v) is 5.06. The maximum Gasteiger partial charge on any atom is 0.317 e. The number of methoxy groups -OCH3 is 1. The highest BCUT2D eigenvalue weighted by molar-refractivity contribution is 5.77. The number of carbonyl (C=O) groups excluding carboxylic acids is 1. The van der Waals surface area contributed by atoms with Gasteiger partial charge in [0.25, 0.3) is 0 Å². The van der Waals surface area contributed by atoms with E-state index in [1.807, 2.05) is 24.3 Å². The summed E-state index contributed by atoms with van der Waals surface area (Å²) in [5.41, 5.74) is 1.03. The van der Waals surface area contributed by atoms with Gasteiger partial charge in [-0.25, -0.2) is 4.79 Å². The molecule has 2 amide bonds. The molecule has 0 spiro atoms. The molecule has 1 heterocycles. The highest BCUT2D eigenvalue weighted by Gasteiger charge is 2.30. The van der Waals surface area contributed by atoms with Crippen LogP contribution in [-0.2, 0) is 11.2 Å². The zero-order valence-electron chi connectivity index (χ0n) is 12.0. The van der Waals surface area contributed by atoms with E-state index in [9.17, 15) is 9.59 Å². The van der Waals surface area contributed by atoms with Crippen LogP contribution in [0.5, 0.6) is 5.75 Å². The Hall–Kier alpha value is -2.24. The highest BCUT2D eigenvalue weighted by atomic mass is 16.5. The van der Waals surface area contributed by atoms with Crippen molar-refractivity contribution < 1.29 is 19.4 Å². The minimum absolute atomic E-state index is 0.200. The maximum atomic E-state index is 11.9. The Bertz CT molecular complexity index is 518. The van der Waals surface area contributed by atoms with E-state index in [0.29, 0.717) is 25.9 Å². The molecule has 6 heteroatoms. The summed E-state index contributed by atoms with van der Waals surface area (Å²) in [6, 6.07) is 7.47. The number of benzene rings is 1. The van der Waals surface area contributed by atoms with E-state index in [2.05, 4.69) is 5.32 Å². The molecule has 0 saturated carbocycles. The lowest BCUT2D eigenvalue weighted by molar-refractivity contribution is -0.141. The Morgan fingerprint density at radius 2 is 2.19 bits per heavy atom. The first-order chi connectivity index (χ1) is 10.1. The minimum atomic E-state index is -0.834. The van der Waals surface area contributed by atoms with Gasteiger partial charge in [-0.2, -0.15) is 0 Å². The van der Waals surface area contributed by atoms with E-state index in [1.54, 1.807) is 12.0 Å². The molecule has 1 fully saturated rings. The van der Waals surface area contributed by atoms with Crippen LogP contribution in [0.1, 0.15) is 12.0 Å². The van der Waals surface area contributed by atoms with Crippen LogP contribution in [0.4, 0.5) is 4.79 Å². The summed E-state index contributed by atoms with van der Waals surface area (Å²) in [7, 11) is 1.62. The van der Waals surface area contributed by atoms with Crippen LogP contribution in [0, 0.1) is 5.92 Å². The monoisotopic (exact) mass is 292 g/mol. The number of nitrogens with one attached hydrogen (secondary N) is 1. The molecule has 2 rings (SSSR count). The topological polar surface area (TPSA) is 78.9 Å². The molecule has 1 aromatic rings. The first kappa shape index (κ1) is 15.2. The summed E-state index contributed by atoms with van der Waals surface area (Å²) in [6.07, 6.45) is 1.20. The molecular weight excluding hydrogens is 272 g/mol. The van der Waals surface area contributed by atoms with E-state index in [0.717, 1.165) is 11.3 Å². The molecular formula is C15H20N2O4. The fraction of sp³-hybridized carbons (Fsp3) is 0.467. The second-order valence-electron chi connectivity index (χ2n) is 5.06. The molecule has 6 nitrogen and oxygen atoms in total. The lowest BCUT2D eigenvalue weighted by Gasteiger charge is -2.17. The van der Waals surface area contributed by atoms with Gasteiger partial charge >= 0.3 is 12.0 Å². The molecule has 114 valence electrons. The van der Waals surface area contributed by atoms with Crippen LogP contribution in [0.15, 0.2) is 24.3 Å². The predicted molar refractivity (Wildman–Crippen MR) is 77.4 cm³/mol. The average molecular weight is 292 g/mol. The minimum Gasteiger partial charge on any atom is -0.496 e. The van der Waals surface area contributed by atoms with Crippen molar-refractivity contribution in [3.05, 3.63) is 29.8 Å². The lowest BCUT2D eigenvalue weighted by atomic mass is 10.1. The highest BCUT2D eigenvalue weighted by Crippen LogP contribution is 2.18. The van der Waals surface area contributed by atoms with Crippen molar-refractivity contribution in [2.45, 2.75) is 12.8 Å². The number of carbonyl (C=O) groups is 2. The van der Waals surface area contributed by atoms with Gasteiger partial charge in [-0.1, -0.05) is 18.2 Å². The predicted octanol–water partition coefficient (Wildman–Crippen LogP) is 1.35. The van der Waals surface area contributed by atoms with E-state index in [-0.39, 0.29) is 12.6 Å². The van der Waals surface area contributed by atoms with Crippen molar-refractivity contribution in [3.8, 4) is 5.75 Å². The number of nitrogens with zero attached hydrogens (tertiary/aromatic N) is 1. The summed E-state index contributed by atoms with van der Waals surface area (Å²) < 4.78 is 5.25. The third kappa shape index (κ3) is 3.87. The largest absolute Gasteiger partial charge is 0.496 e. The van der Waals surface area contributed by atoms with Crippen LogP contribution >= 0.6 is 0 Å². The third-order valence-electron chi connectivity index (χ3n) is 3.69. The molecule has 21 heavy (non-hydrogen) atoms. The average Bonchev–Trinajstić information content (AvgIpc) is 2.98. The number of hydrogen-bond donors (Lipinski definition) is 2. The molecule has 1 aliphatic rings. The summed E-state index contributed by atoms with van der Waals surface area (Å²) in [6.45, 7) is 1.28. The first-order valence-corrected chi connectivity index (χ1v) is 6.99. The van der Waals surface area contributed by atoms with Crippen LogP contribution in [-0.4, -0.2) is 48.8 Å². The van der Waals surface area contributed by atoms with E-state index in [1.165, 1.54) is 0 Å². The summed E-state index contributed by atoms with van der Waals surface area (Å²) in [5.74, 6) is -0.469. The van der Waals surface area contributed by atoms with Crippen molar-refractivity contribution in [2.24, 2.45) is 5.92 Å². The zero-order valence-corrected chi connectivity index (χ0v) is 12.0. The van der Waals surface area contributed by atoms with Crippen molar-refractivity contribution in [2.75, 3.05) is 26.7 Å². The van der Waals surface area contributed by atoms with Crippen LogP contribution in [0.3, 0.4) is 0 Å². The maximum absolute atomic E-state index is 11.9. The SMILES string of the molecule is COc1ccccc1CCNC(=O)N1CCC(C(=O)O)C1. The molecule has 0 bridgehead atoms. The lowest BCUT2D eigenvalue weighted by Crippen LogP contribution is -2.39. The van der Waals surface area contributed by atoms with Gasteiger partial charge in [0.05, 0.1) is 13.0 Å². The number of urea groups is 1. The Morgan fingerprint density at radius 1 is 1.43 bits per heavy atom. The molecule has 1 unspecified atom stereocenters. The summed E-state index contributed by atoms with van der Waals surface area (Å²) >= 11 is 0. The Morgan fingerprint density at radius 3 is 2.86 bits per heavy atom.